The van der Waals surface area contributed by atoms with Crippen LogP contribution in [0.4, 0.5) is 11.5 Å². The monoisotopic (exact) mass is 444 g/mol. The number of hydrogen-bond donors (Lipinski definition) is 0. The zero-order chi connectivity index (χ0) is 22.8. The second-order valence-corrected chi connectivity index (χ2v) is 8.89. The van der Waals surface area contributed by atoms with Gasteiger partial charge < -0.3 is 23.7 Å². The van der Waals surface area contributed by atoms with Crippen LogP contribution < -0.4 is 9.80 Å². The molecule has 2 aromatic heterocycles. The van der Waals surface area contributed by atoms with Crippen molar-refractivity contribution >= 4 is 17.0 Å². The maximum absolute atomic E-state index is 9.89. The standard InChI is InChI=1S/C27H32N4O2/c1-3-30(23-8-12-32-13-9-23)27-20(2)21(18-28)16-24-17-22(19-31(24)27)25-6-4-5-7-26(25)29-10-14-33-15-11-29/h4-7,16-17,19,23H,3,8-15H2,1-2H3. The SMILES string of the molecule is CCN(c1c(C)c(C#N)cc2cc(-c3ccccc3N3CCOCC3)cn12)C1CCOCC1. The van der Waals surface area contributed by atoms with E-state index < -0.39 is 0 Å². The molecule has 6 heteroatoms. The third kappa shape index (κ3) is 4.07. The zero-order valence-electron chi connectivity index (χ0n) is 19.6. The number of hydrogen-bond acceptors (Lipinski definition) is 5. The van der Waals surface area contributed by atoms with Gasteiger partial charge in [-0.1, -0.05) is 18.2 Å². The van der Waals surface area contributed by atoms with Gasteiger partial charge in [0.25, 0.3) is 0 Å². The molecule has 0 radical (unpaired) electrons. The molecular weight excluding hydrogens is 412 g/mol. The molecule has 2 aliphatic heterocycles. The van der Waals surface area contributed by atoms with Gasteiger partial charge in [-0.15, -0.1) is 0 Å². The van der Waals surface area contributed by atoms with Crippen LogP contribution in [-0.2, 0) is 9.47 Å². The zero-order valence-corrected chi connectivity index (χ0v) is 19.6. The fourth-order valence-corrected chi connectivity index (χ4v) is 5.32. The van der Waals surface area contributed by atoms with Crippen LogP contribution in [0, 0.1) is 18.3 Å². The Labute approximate surface area is 195 Å². The van der Waals surface area contributed by atoms with Crippen LogP contribution in [0.1, 0.15) is 30.9 Å². The molecule has 0 bridgehead atoms. The minimum absolute atomic E-state index is 0.422. The van der Waals surface area contributed by atoms with E-state index in [1.165, 1.54) is 16.8 Å². The van der Waals surface area contributed by atoms with Crippen LogP contribution >= 0.6 is 0 Å². The molecule has 0 spiro atoms. The van der Waals surface area contributed by atoms with Crippen LogP contribution in [0.3, 0.4) is 0 Å². The summed E-state index contributed by atoms with van der Waals surface area (Å²) in [6.45, 7) is 10.1. The third-order valence-corrected chi connectivity index (χ3v) is 7.04. The molecule has 2 saturated heterocycles. The summed E-state index contributed by atoms with van der Waals surface area (Å²) in [4.78, 5) is 4.89. The molecule has 5 rings (SSSR count). The lowest BCUT2D eigenvalue weighted by molar-refractivity contribution is 0.0844. The van der Waals surface area contributed by atoms with E-state index in [0.717, 1.165) is 81.4 Å². The Morgan fingerprint density at radius 1 is 1.06 bits per heavy atom. The summed E-state index contributed by atoms with van der Waals surface area (Å²) in [7, 11) is 0. The Bertz CT molecular complexity index is 1170. The van der Waals surface area contributed by atoms with Crippen LogP contribution in [0.15, 0.2) is 42.6 Å². The summed E-state index contributed by atoms with van der Waals surface area (Å²) in [6, 6.07) is 15.7. The molecule has 33 heavy (non-hydrogen) atoms. The first-order valence-electron chi connectivity index (χ1n) is 12.0. The lowest BCUT2D eigenvalue weighted by Gasteiger charge is -2.36. The van der Waals surface area contributed by atoms with Crippen LogP contribution in [0.25, 0.3) is 16.6 Å². The van der Waals surface area contributed by atoms with Crippen molar-refractivity contribution < 1.29 is 9.47 Å². The predicted molar refractivity (Wildman–Crippen MR) is 132 cm³/mol. The molecule has 0 atom stereocenters. The highest BCUT2D eigenvalue weighted by Gasteiger charge is 2.26. The number of rotatable bonds is 5. The number of anilines is 2. The van der Waals surface area contributed by atoms with E-state index in [-0.39, 0.29) is 0 Å². The summed E-state index contributed by atoms with van der Waals surface area (Å²) in [6.07, 6.45) is 4.28. The largest absolute Gasteiger partial charge is 0.381 e. The average Bonchev–Trinajstić information content (AvgIpc) is 3.30. The van der Waals surface area contributed by atoms with E-state index in [9.17, 15) is 5.26 Å². The van der Waals surface area contributed by atoms with E-state index in [2.05, 4.69) is 70.6 Å². The molecule has 172 valence electrons. The first kappa shape index (κ1) is 21.8. The van der Waals surface area contributed by atoms with Gasteiger partial charge >= 0.3 is 0 Å². The second kappa shape index (κ2) is 9.46. The van der Waals surface area contributed by atoms with E-state index in [1.807, 2.05) is 6.07 Å². The van der Waals surface area contributed by atoms with Crippen molar-refractivity contribution in [3.63, 3.8) is 0 Å². The van der Waals surface area contributed by atoms with Crippen molar-refractivity contribution in [1.29, 1.82) is 5.26 Å². The van der Waals surface area contributed by atoms with E-state index in [0.29, 0.717) is 6.04 Å². The summed E-state index contributed by atoms with van der Waals surface area (Å²) in [5, 5.41) is 9.89. The van der Waals surface area contributed by atoms with E-state index >= 15 is 0 Å². The van der Waals surface area contributed by atoms with Gasteiger partial charge in [-0.25, -0.2) is 0 Å². The van der Waals surface area contributed by atoms with Gasteiger partial charge in [0.15, 0.2) is 0 Å². The number of ether oxygens (including phenoxy) is 2. The quantitative estimate of drug-likeness (QED) is 0.574. The third-order valence-electron chi connectivity index (χ3n) is 7.04. The summed E-state index contributed by atoms with van der Waals surface area (Å²) >= 11 is 0. The van der Waals surface area contributed by atoms with E-state index in [1.54, 1.807) is 0 Å². The number of para-hydroxylation sites is 1. The molecule has 2 fully saturated rings. The van der Waals surface area contributed by atoms with Crippen molar-refractivity contribution in [2.45, 2.75) is 32.7 Å². The van der Waals surface area contributed by atoms with Gasteiger partial charge in [-0.05, 0) is 44.9 Å². The van der Waals surface area contributed by atoms with Gasteiger partial charge in [0.1, 0.15) is 5.82 Å². The molecule has 0 N–H and O–H groups in total. The van der Waals surface area contributed by atoms with Gasteiger partial charge in [0, 0.05) is 73.0 Å². The first-order valence-corrected chi connectivity index (χ1v) is 12.0. The smallest absolute Gasteiger partial charge is 0.117 e. The highest BCUT2D eigenvalue weighted by Crippen LogP contribution is 2.36. The lowest BCUT2D eigenvalue weighted by atomic mass is 10.0. The molecule has 0 unspecified atom stereocenters. The molecule has 2 aliphatic rings. The molecule has 0 saturated carbocycles. The summed E-state index contributed by atoms with van der Waals surface area (Å²) in [5.74, 6) is 1.13. The number of nitriles is 1. The fraction of sp³-hybridized carbons (Fsp3) is 0.444. The molecule has 0 amide bonds. The Kier molecular flexibility index (Phi) is 6.26. The van der Waals surface area contributed by atoms with Crippen molar-refractivity contribution in [3.05, 3.63) is 53.7 Å². The number of aromatic nitrogens is 1. The fourth-order valence-electron chi connectivity index (χ4n) is 5.32. The minimum Gasteiger partial charge on any atom is -0.381 e. The van der Waals surface area contributed by atoms with Crippen molar-refractivity contribution in [1.82, 2.24) is 4.40 Å². The molecule has 0 aliphatic carbocycles. The lowest BCUT2D eigenvalue weighted by Crippen LogP contribution is -2.40. The molecule has 1 aromatic carbocycles. The number of fused-ring (bicyclic) bond motifs is 1. The van der Waals surface area contributed by atoms with Crippen LogP contribution in [-0.4, -0.2) is 56.5 Å². The number of benzene rings is 1. The second-order valence-electron chi connectivity index (χ2n) is 8.89. The maximum Gasteiger partial charge on any atom is 0.117 e. The van der Waals surface area contributed by atoms with Crippen molar-refractivity contribution in [3.8, 4) is 17.2 Å². The van der Waals surface area contributed by atoms with Crippen LogP contribution in [0.2, 0.25) is 0 Å². The molecular formula is C27H32N4O2. The number of pyridine rings is 1. The predicted octanol–water partition coefficient (Wildman–Crippen LogP) is 4.63. The van der Waals surface area contributed by atoms with Gasteiger partial charge in [0.05, 0.1) is 24.8 Å². The number of nitrogens with zero attached hydrogens (tertiary/aromatic N) is 4. The van der Waals surface area contributed by atoms with Crippen LogP contribution in [0.5, 0.6) is 0 Å². The van der Waals surface area contributed by atoms with Crippen molar-refractivity contribution in [2.24, 2.45) is 0 Å². The topological polar surface area (TPSA) is 53.1 Å². The Morgan fingerprint density at radius 3 is 2.52 bits per heavy atom. The molecule has 3 aromatic rings. The average molecular weight is 445 g/mol. The Hall–Kier alpha value is -3.01. The van der Waals surface area contributed by atoms with Crippen molar-refractivity contribution in [2.75, 3.05) is 55.9 Å². The maximum atomic E-state index is 9.89. The van der Waals surface area contributed by atoms with Gasteiger partial charge in [-0.2, -0.15) is 5.26 Å². The van der Waals surface area contributed by atoms with E-state index in [4.69, 9.17) is 9.47 Å². The first-order chi connectivity index (χ1) is 16.2. The minimum atomic E-state index is 0.422. The normalized spacial score (nSPS) is 17.3. The Morgan fingerprint density at radius 2 is 1.79 bits per heavy atom. The molecule has 4 heterocycles. The molecule has 6 nitrogen and oxygen atoms in total. The van der Waals surface area contributed by atoms with Gasteiger partial charge in [0.2, 0.25) is 0 Å². The summed E-state index contributed by atoms with van der Waals surface area (Å²) < 4.78 is 13.5. The highest BCUT2D eigenvalue weighted by atomic mass is 16.5. The highest BCUT2D eigenvalue weighted by molar-refractivity contribution is 5.83. The number of morpholine rings is 1. The summed E-state index contributed by atoms with van der Waals surface area (Å²) in [5.41, 5.74) is 6.49. The Balaban J connectivity index is 1.64. The van der Waals surface area contributed by atoms with Gasteiger partial charge in [-0.3, -0.25) is 0 Å².